The topological polar surface area (TPSA) is 43.6 Å². The molecule has 0 saturated carbocycles. The first-order valence-electron chi connectivity index (χ1n) is 7.09. The number of rotatable bonds is 3. The average molecular weight is 327 g/mol. The van der Waals surface area contributed by atoms with Gasteiger partial charge >= 0.3 is 0 Å². The van der Waals surface area contributed by atoms with Crippen molar-refractivity contribution >= 4 is 28.4 Å². The quantitative estimate of drug-likeness (QED) is 0.736. The Bertz CT molecular complexity index is 961. The molecule has 0 atom stereocenters. The summed E-state index contributed by atoms with van der Waals surface area (Å²) in [5.41, 5.74) is 2.69. The molecule has 0 fully saturated rings. The summed E-state index contributed by atoms with van der Waals surface area (Å²) >= 11 is 6.37. The molecule has 23 heavy (non-hydrogen) atoms. The van der Waals surface area contributed by atoms with Gasteiger partial charge in [-0.15, -0.1) is 0 Å². The van der Waals surface area contributed by atoms with Gasteiger partial charge < -0.3 is 4.74 Å². The minimum Gasteiger partial charge on any atom is -0.497 e. The van der Waals surface area contributed by atoms with E-state index in [9.17, 15) is 4.79 Å². The molecule has 0 aliphatic carbocycles. The summed E-state index contributed by atoms with van der Waals surface area (Å²) in [7, 11) is 1.61. The molecule has 0 aliphatic rings. The molecule has 0 N–H and O–H groups in total. The fraction of sp³-hybridized carbons (Fsp3) is 0.111. The zero-order valence-corrected chi connectivity index (χ0v) is 13.5. The summed E-state index contributed by atoms with van der Waals surface area (Å²) in [4.78, 5) is 16.7. The highest BCUT2D eigenvalue weighted by atomic mass is 35.5. The van der Waals surface area contributed by atoms with Gasteiger partial charge in [0.25, 0.3) is 5.56 Å². The summed E-state index contributed by atoms with van der Waals surface area (Å²) < 4.78 is 6.70. The van der Waals surface area contributed by atoms with Gasteiger partial charge in [0, 0.05) is 12.3 Å². The Morgan fingerprint density at radius 2 is 2.09 bits per heavy atom. The number of pyridine rings is 1. The Kier molecular flexibility index (Phi) is 4.17. The zero-order chi connectivity index (χ0) is 16.4. The van der Waals surface area contributed by atoms with Crippen molar-refractivity contribution in [1.82, 2.24) is 9.38 Å². The highest BCUT2D eigenvalue weighted by Gasteiger charge is 2.07. The molecule has 3 aromatic rings. The van der Waals surface area contributed by atoms with Crippen LogP contribution in [0.3, 0.4) is 0 Å². The van der Waals surface area contributed by atoms with Gasteiger partial charge in [-0.1, -0.05) is 29.8 Å². The van der Waals surface area contributed by atoms with E-state index in [1.807, 2.05) is 43.3 Å². The van der Waals surface area contributed by atoms with Crippen LogP contribution in [0.1, 0.15) is 16.8 Å². The summed E-state index contributed by atoms with van der Waals surface area (Å²) in [5, 5.41) is 0.404. The molecule has 0 radical (unpaired) electrons. The molecular weight excluding hydrogens is 312 g/mol. The normalized spacial score (nSPS) is 11.7. The van der Waals surface area contributed by atoms with Gasteiger partial charge in [0.05, 0.1) is 17.8 Å². The van der Waals surface area contributed by atoms with E-state index >= 15 is 0 Å². The first kappa shape index (κ1) is 15.3. The van der Waals surface area contributed by atoms with Crippen molar-refractivity contribution in [3.8, 4) is 5.75 Å². The number of ether oxygens (including phenoxy) is 1. The number of methoxy groups -OCH3 is 1. The molecule has 0 amide bonds. The monoisotopic (exact) mass is 326 g/mol. The Labute approximate surface area is 138 Å². The van der Waals surface area contributed by atoms with Crippen LogP contribution in [0.15, 0.2) is 53.5 Å². The number of fused-ring (bicyclic) bond motifs is 1. The third-order valence-electron chi connectivity index (χ3n) is 3.52. The van der Waals surface area contributed by atoms with Gasteiger partial charge in [0.15, 0.2) is 0 Å². The molecular formula is C18H15ClN2O2. The maximum absolute atomic E-state index is 12.2. The molecule has 116 valence electrons. The van der Waals surface area contributed by atoms with Crippen molar-refractivity contribution in [2.75, 3.05) is 7.11 Å². The summed E-state index contributed by atoms with van der Waals surface area (Å²) in [6.45, 7) is 1.91. The molecule has 2 heterocycles. The third kappa shape index (κ3) is 3.12. The number of aryl methyl sites for hydroxylation is 1. The Morgan fingerprint density at radius 3 is 2.87 bits per heavy atom. The van der Waals surface area contributed by atoms with Crippen LogP contribution < -0.4 is 10.3 Å². The van der Waals surface area contributed by atoms with E-state index in [1.165, 1.54) is 10.5 Å². The fourth-order valence-electron chi connectivity index (χ4n) is 2.34. The second-order valence-electron chi connectivity index (χ2n) is 5.13. The molecule has 0 unspecified atom stereocenters. The lowest BCUT2D eigenvalue weighted by Crippen LogP contribution is -2.15. The first-order chi connectivity index (χ1) is 11.1. The highest BCUT2D eigenvalue weighted by molar-refractivity contribution is 6.51. The molecule has 1 aromatic carbocycles. The van der Waals surface area contributed by atoms with E-state index in [4.69, 9.17) is 16.3 Å². The summed E-state index contributed by atoms with van der Waals surface area (Å²) in [6, 6.07) is 12.7. The van der Waals surface area contributed by atoms with Crippen LogP contribution in [0.2, 0.25) is 0 Å². The standard InChI is InChI=1S/C18H15ClN2O2/c1-12-5-4-8-21-17(22)11-16(20-18(12)21)15(19)10-13-6-3-7-14(9-13)23-2/h3-11H,1-2H3/b15-10-. The lowest BCUT2D eigenvalue weighted by atomic mass is 10.2. The molecule has 0 bridgehead atoms. The van der Waals surface area contributed by atoms with Gasteiger partial charge in [-0.3, -0.25) is 9.20 Å². The van der Waals surface area contributed by atoms with Gasteiger partial charge in [0.1, 0.15) is 11.4 Å². The fourth-order valence-corrected chi connectivity index (χ4v) is 2.56. The third-order valence-corrected chi connectivity index (χ3v) is 3.82. The van der Waals surface area contributed by atoms with Gasteiger partial charge in [-0.25, -0.2) is 4.98 Å². The molecule has 3 rings (SSSR count). The number of halogens is 1. The van der Waals surface area contributed by atoms with Crippen molar-refractivity contribution in [3.05, 3.63) is 75.8 Å². The number of nitrogens with zero attached hydrogens (tertiary/aromatic N) is 2. The summed E-state index contributed by atoms with van der Waals surface area (Å²) in [6.07, 6.45) is 3.46. The summed E-state index contributed by atoms with van der Waals surface area (Å²) in [5.74, 6) is 0.741. The predicted octanol–water partition coefficient (Wildman–Crippen LogP) is 3.75. The van der Waals surface area contributed by atoms with Crippen LogP contribution in [0.5, 0.6) is 5.75 Å². The van der Waals surface area contributed by atoms with Crippen molar-refractivity contribution in [3.63, 3.8) is 0 Å². The van der Waals surface area contributed by atoms with Crippen LogP contribution in [0, 0.1) is 6.92 Å². The predicted molar refractivity (Wildman–Crippen MR) is 92.9 cm³/mol. The van der Waals surface area contributed by atoms with Crippen molar-refractivity contribution in [2.24, 2.45) is 0 Å². The number of hydrogen-bond donors (Lipinski definition) is 0. The van der Waals surface area contributed by atoms with E-state index in [0.717, 1.165) is 16.9 Å². The lowest BCUT2D eigenvalue weighted by Gasteiger charge is -2.06. The number of benzene rings is 1. The van der Waals surface area contributed by atoms with E-state index in [2.05, 4.69) is 4.98 Å². The minimum absolute atomic E-state index is 0.161. The molecule has 0 aliphatic heterocycles. The number of hydrogen-bond acceptors (Lipinski definition) is 3. The SMILES string of the molecule is COc1cccc(/C=C(\Cl)c2cc(=O)n3cccc(C)c3n2)c1. The lowest BCUT2D eigenvalue weighted by molar-refractivity contribution is 0.414. The second kappa shape index (κ2) is 6.26. The minimum atomic E-state index is -0.161. The van der Waals surface area contributed by atoms with Gasteiger partial charge in [-0.2, -0.15) is 0 Å². The second-order valence-corrected chi connectivity index (χ2v) is 5.54. The van der Waals surface area contributed by atoms with E-state index in [0.29, 0.717) is 16.4 Å². The highest BCUT2D eigenvalue weighted by Crippen LogP contribution is 2.22. The van der Waals surface area contributed by atoms with E-state index < -0.39 is 0 Å². The zero-order valence-electron chi connectivity index (χ0n) is 12.8. The molecule has 4 nitrogen and oxygen atoms in total. The Morgan fingerprint density at radius 1 is 1.26 bits per heavy atom. The maximum Gasteiger partial charge on any atom is 0.258 e. The van der Waals surface area contributed by atoms with E-state index in [-0.39, 0.29) is 5.56 Å². The average Bonchev–Trinajstić information content (AvgIpc) is 2.56. The van der Waals surface area contributed by atoms with Crippen LogP contribution in [0.25, 0.3) is 16.8 Å². The molecule has 0 saturated heterocycles. The van der Waals surface area contributed by atoms with Crippen LogP contribution in [-0.2, 0) is 0 Å². The maximum atomic E-state index is 12.2. The van der Waals surface area contributed by atoms with Gasteiger partial charge in [0.2, 0.25) is 0 Å². The Balaban J connectivity index is 2.10. The van der Waals surface area contributed by atoms with Crippen molar-refractivity contribution in [1.29, 1.82) is 0 Å². The first-order valence-corrected chi connectivity index (χ1v) is 7.47. The number of aromatic nitrogens is 2. The van der Waals surface area contributed by atoms with Crippen molar-refractivity contribution in [2.45, 2.75) is 6.92 Å². The van der Waals surface area contributed by atoms with Gasteiger partial charge in [-0.05, 0) is 42.3 Å². The van der Waals surface area contributed by atoms with E-state index in [1.54, 1.807) is 19.4 Å². The molecule has 5 heteroatoms. The smallest absolute Gasteiger partial charge is 0.258 e. The van der Waals surface area contributed by atoms with Crippen LogP contribution in [0.4, 0.5) is 0 Å². The van der Waals surface area contributed by atoms with Crippen LogP contribution in [-0.4, -0.2) is 16.5 Å². The molecule has 2 aromatic heterocycles. The van der Waals surface area contributed by atoms with Crippen LogP contribution >= 0.6 is 11.6 Å². The largest absolute Gasteiger partial charge is 0.497 e. The Hall–Kier alpha value is -2.59. The molecule has 0 spiro atoms. The van der Waals surface area contributed by atoms with Crippen molar-refractivity contribution < 1.29 is 4.74 Å².